The van der Waals surface area contributed by atoms with Crippen molar-refractivity contribution in [1.82, 2.24) is 15.2 Å². The number of fused-ring (bicyclic) bond motifs is 1. The summed E-state index contributed by atoms with van der Waals surface area (Å²) in [6, 6.07) is 7.47. The minimum Gasteiger partial charge on any atom is -0.477 e. The molecule has 0 aliphatic rings. The Bertz CT molecular complexity index is 783. The highest BCUT2D eigenvalue weighted by atomic mass is 16.4. The van der Waals surface area contributed by atoms with Crippen molar-refractivity contribution < 1.29 is 9.90 Å². The summed E-state index contributed by atoms with van der Waals surface area (Å²) in [5.41, 5.74) is 4.91. The molecule has 2 aromatic heterocycles. The summed E-state index contributed by atoms with van der Waals surface area (Å²) in [5, 5.41) is 16.7. The number of aryl methyl sites for hydroxylation is 2. The first-order valence-corrected chi connectivity index (χ1v) is 5.95. The standard InChI is InChI=1S/C14H13N3O2/c1-7-8(2)15-13-9(7)4-3-5-10(13)11-6-12(14(18)19)17-16-11/h3-6,15H,1-2H3,(H,16,17)(H,18,19). The van der Waals surface area contributed by atoms with Crippen molar-refractivity contribution in [3.8, 4) is 11.3 Å². The summed E-state index contributed by atoms with van der Waals surface area (Å²) in [7, 11) is 0. The summed E-state index contributed by atoms with van der Waals surface area (Å²) >= 11 is 0. The van der Waals surface area contributed by atoms with Crippen LogP contribution in [0.2, 0.25) is 0 Å². The molecule has 5 heteroatoms. The summed E-state index contributed by atoms with van der Waals surface area (Å²) in [6.45, 7) is 4.08. The average Bonchev–Trinajstić information content (AvgIpc) is 2.96. The molecule has 5 nitrogen and oxygen atoms in total. The van der Waals surface area contributed by atoms with E-state index in [0.717, 1.165) is 22.2 Å². The highest BCUT2D eigenvalue weighted by molar-refractivity contribution is 5.97. The summed E-state index contributed by atoms with van der Waals surface area (Å²) in [4.78, 5) is 14.2. The topological polar surface area (TPSA) is 81.8 Å². The van der Waals surface area contributed by atoms with Crippen molar-refractivity contribution >= 4 is 16.9 Å². The molecule has 0 aliphatic heterocycles. The van der Waals surface area contributed by atoms with Crippen molar-refractivity contribution in [3.63, 3.8) is 0 Å². The third kappa shape index (κ3) is 1.71. The monoisotopic (exact) mass is 255 g/mol. The zero-order valence-electron chi connectivity index (χ0n) is 10.6. The first kappa shape index (κ1) is 11.5. The van der Waals surface area contributed by atoms with E-state index in [1.54, 1.807) is 6.07 Å². The summed E-state index contributed by atoms with van der Waals surface area (Å²) < 4.78 is 0. The van der Waals surface area contributed by atoms with E-state index in [2.05, 4.69) is 22.1 Å². The van der Waals surface area contributed by atoms with E-state index in [1.165, 1.54) is 5.56 Å². The molecule has 0 radical (unpaired) electrons. The van der Waals surface area contributed by atoms with Gasteiger partial charge in [-0.15, -0.1) is 0 Å². The fourth-order valence-electron chi connectivity index (χ4n) is 2.27. The highest BCUT2D eigenvalue weighted by Gasteiger charge is 2.13. The van der Waals surface area contributed by atoms with Gasteiger partial charge in [-0.25, -0.2) is 4.79 Å². The van der Waals surface area contributed by atoms with Crippen LogP contribution in [0.3, 0.4) is 0 Å². The van der Waals surface area contributed by atoms with Crippen LogP contribution in [0.4, 0.5) is 0 Å². The second-order valence-corrected chi connectivity index (χ2v) is 4.58. The van der Waals surface area contributed by atoms with Gasteiger partial charge in [0.1, 0.15) is 5.69 Å². The van der Waals surface area contributed by atoms with Gasteiger partial charge >= 0.3 is 5.97 Å². The van der Waals surface area contributed by atoms with Crippen molar-refractivity contribution in [2.45, 2.75) is 13.8 Å². The summed E-state index contributed by atoms with van der Waals surface area (Å²) in [6.07, 6.45) is 0. The molecule has 0 saturated carbocycles. The average molecular weight is 255 g/mol. The minimum absolute atomic E-state index is 0.0898. The number of H-pyrrole nitrogens is 2. The van der Waals surface area contributed by atoms with Gasteiger partial charge in [-0.2, -0.15) is 5.10 Å². The van der Waals surface area contributed by atoms with Crippen LogP contribution in [0.5, 0.6) is 0 Å². The Labute approximate surface area is 109 Å². The molecule has 0 spiro atoms. The van der Waals surface area contributed by atoms with Gasteiger partial charge in [-0.05, 0) is 25.5 Å². The van der Waals surface area contributed by atoms with E-state index in [4.69, 9.17) is 5.11 Å². The first-order valence-electron chi connectivity index (χ1n) is 5.95. The second-order valence-electron chi connectivity index (χ2n) is 4.58. The summed E-state index contributed by atoms with van der Waals surface area (Å²) in [5.74, 6) is -1.01. The van der Waals surface area contributed by atoms with Crippen LogP contribution >= 0.6 is 0 Å². The van der Waals surface area contributed by atoms with E-state index >= 15 is 0 Å². The van der Waals surface area contributed by atoms with Gasteiger partial charge in [0.15, 0.2) is 0 Å². The lowest BCUT2D eigenvalue weighted by molar-refractivity contribution is 0.0690. The second kappa shape index (κ2) is 3.98. The lowest BCUT2D eigenvalue weighted by Gasteiger charge is -1.99. The molecule has 0 aliphatic carbocycles. The number of aromatic carboxylic acids is 1. The third-order valence-corrected chi connectivity index (χ3v) is 3.43. The maximum absolute atomic E-state index is 10.9. The SMILES string of the molecule is Cc1[nH]c2c(-c3cc(C(=O)O)[nH]n3)cccc2c1C. The van der Waals surface area contributed by atoms with E-state index in [1.807, 2.05) is 25.1 Å². The number of carboxylic acid groups (broad SMARTS) is 1. The van der Waals surface area contributed by atoms with Gasteiger partial charge in [-0.1, -0.05) is 18.2 Å². The Balaban J connectivity index is 2.24. The third-order valence-electron chi connectivity index (χ3n) is 3.43. The Hall–Kier alpha value is -2.56. The van der Waals surface area contributed by atoms with Crippen LogP contribution in [0.15, 0.2) is 24.3 Å². The lowest BCUT2D eigenvalue weighted by Crippen LogP contribution is -1.95. The molecule has 0 bridgehead atoms. The molecule has 19 heavy (non-hydrogen) atoms. The minimum atomic E-state index is -1.01. The van der Waals surface area contributed by atoms with Crippen molar-refractivity contribution in [2.24, 2.45) is 0 Å². The van der Waals surface area contributed by atoms with Crippen LogP contribution in [-0.2, 0) is 0 Å². The van der Waals surface area contributed by atoms with Crippen LogP contribution in [0.1, 0.15) is 21.7 Å². The lowest BCUT2D eigenvalue weighted by atomic mass is 10.1. The Kier molecular flexibility index (Phi) is 2.41. The normalized spacial score (nSPS) is 11.1. The molecule has 96 valence electrons. The number of aromatic amines is 2. The van der Waals surface area contributed by atoms with Gasteiger partial charge in [-0.3, -0.25) is 5.10 Å². The molecule has 3 aromatic rings. The number of benzene rings is 1. The van der Waals surface area contributed by atoms with Crippen LogP contribution in [0, 0.1) is 13.8 Å². The van der Waals surface area contributed by atoms with Gasteiger partial charge < -0.3 is 10.1 Å². The Morgan fingerprint density at radius 2 is 2.11 bits per heavy atom. The first-order chi connectivity index (χ1) is 9.08. The smallest absolute Gasteiger partial charge is 0.353 e. The molecule has 0 fully saturated rings. The van der Waals surface area contributed by atoms with Gasteiger partial charge in [0.05, 0.1) is 11.2 Å². The van der Waals surface area contributed by atoms with Crippen LogP contribution < -0.4 is 0 Å². The number of carbonyl (C=O) groups is 1. The number of nitrogens with zero attached hydrogens (tertiary/aromatic N) is 1. The molecule has 3 N–H and O–H groups in total. The van der Waals surface area contributed by atoms with Crippen molar-refractivity contribution in [1.29, 1.82) is 0 Å². The van der Waals surface area contributed by atoms with Crippen molar-refractivity contribution in [3.05, 3.63) is 41.2 Å². The number of nitrogens with one attached hydrogen (secondary N) is 2. The molecular weight excluding hydrogens is 242 g/mol. The number of carboxylic acids is 1. The zero-order valence-corrected chi connectivity index (χ0v) is 10.6. The number of hydrogen-bond acceptors (Lipinski definition) is 2. The number of aromatic nitrogens is 3. The number of hydrogen-bond donors (Lipinski definition) is 3. The zero-order chi connectivity index (χ0) is 13.6. The molecular formula is C14H13N3O2. The van der Waals surface area contributed by atoms with E-state index in [0.29, 0.717) is 5.69 Å². The predicted octanol–water partition coefficient (Wildman–Crippen LogP) is 2.87. The maximum atomic E-state index is 10.9. The largest absolute Gasteiger partial charge is 0.477 e. The molecule has 0 atom stereocenters. The molecule has 2 heterocycles. The van der Waals surface area contributed by atoms with Gasteiger partial charge in [0, 0.05) is 16.6 Å². The van der Waals surface area contributed by atoms with E-state index < -0.39 is 5.97 Å². The molecule has 1 aromatic carbocycles. The molecule has 0 amide bonds. The highest BCUT2D eigenvalue weighted by Crippen LogP contribution is 2.30. The molecule has 0 unspecified atom stereocenters. The Morgan fingerprint density at radius 3 is 2.79 bits per heavy atom. The van der Waals surface area contributed by atoms with E-state index in [-0.39, 0.29) is 5.69 Å². The van der Waals surface area contributed by atoms with Crippen molar-refractivity contribution in [2.75, 3.05) is 0 Å². The Morgan fingerprint density at radius 1 is 1.32 bits per heavy atom. The fourth-order valence-corrected chi connectivity index (χ4v) is 2.27. The number of rotatable bonds is 2. The molecule has 3 rings (SSSR count). The van der Waals surface area contributed by atoms with Gasteiger partial charge in [0.25, 0.3) is 0 Å². The van der Waals surface area contributed by atoms with Crippen LogP contribution in [0.25, 0.3) is 22.2 Å². The number of para-hydroxylation sites is 1. The maximum Gasteiger partial charge on any atom is 0.353 e. The predicted molar refractivity (Wildman–Crippen MR) is 72.3 cm³/mol. The fraction of sp³-hybridized carbons (Fsp3) is 0.143. The van der Waals surface area contributed by atoms with E-state index in [9.17, 15) is 4.79 Å². The van der Waals surface area contributed by atoms with Crippen LogP contribution in [-0.4, -0.2) is 26.3 Å². The molecule has 0 saturated heterocycles. The van der Waals surface area contributed by atoms with Gasteiger partial charge in [0.2, 0.25) is 0 Å². The quantitative estimate of drug-likeness (QED) is 0.658.